The third-order valence-corrected chi connectivity index (χ3v) is 4.80. The maximum absolute atomic E-state index is 13.6. The Hall–Kier alpha value is -2.44. The van der Waals surface area contributed by atoms with Crippen LogP contribution in [-0.2, 0) is 11.3 Å². The van der Waals surface area contributed by atoms with E-state index in [1.165, 1.54) is 6.07 Å². The van der Waals surface area contributed by atoms with E-state index in [9.17, 15) is 14.0 Å². The fraction of sp³-hybridized carbons (Fsp3) is 0.300. The molecule has 0 bridgehead atoms. The van der Waals surface area contributed by atoms with Crippen LogP contribution in [0, 0.1) is 5.82 Å². The van der Waals surface area contributed by atoms with Gasteiger partial charge in [0.15, 0.2) is 0 Å². The number of rotatable bonds is 5. The van der Waals surface area contributed by atoms with Crippen molar-refractivity contribution < 1.29 is 14.0 Å². The lowest BCUT2D eigenvalue weighted by Gasteiger charge is -2.34. The first kappa shape index (κ1) is 19.3. The van der Waals surface area contributed by atoms with Gasteiger partial charge in [-0.1, -0.05) is 29.8 Å². The van der Waals surface area contributed by atoms with Crippen LogP contribution in [0.3, 0.4) is 0 Å². The van der Waals surface area contributed by atoms with E-state index in [1.54, 1.807) is 47.4 Å². The van der Waals surface area contributed by atoms with Crippen molar-refractivity contribution in [2.75, 3.05) is 32.7 Å². The highest BCUT2D eigenvalue weighted by atomic mass is 35.5. The van der Waals surface area contributed by atoms with Crippen molar-refractivity contribution in [3.8, 4) is 0 Å². The zero-order valence-corrected chi connectivity index (χ0v) is 15.6. The first-order valence-electron chi connectivity index (χ1n) is 8.80. The zero-order chi connectivity index (χ0) is 19.2. The number of benzene rings is 2. The average Bonchev–Trinajstić information content (AvgIpc) is 2.68. The fourth-order valence-corrected chi connectivity index (χ4v) is 3.10. The summed E-state index contributed by atoms with van der Waals surface area (Å²) in [5.74, 6) is -0.516. The highest BCUT2D eigenvalue weighted by Crippen LogP contribution is 2.13. The molecular formula is C20H21ClFN3O2. The zero-order valence-electron chi connectivity index (χ0n) is 14.8. The van der Waals surface area contributed by atoms with Gasteiger partial charge in [-0.15, -0.1) is 0 Å². The number of nitrogens with one attached hydrogen (secondary N) is 1. The molecule has 1 heterocycles. The lowest BCUT2D eigenvalue weighted by molar-refractivity contribution is -0.122. The Bertz CT molecular complexity index is 805. The Morgan fingerprint density at radius 3 is 2.33 bits per heavy atom. The number of carbonyl (C=O) groups is 2. The van der Waals surface area contributed by atoms with Crippen molar-refractivity contribution in [3.63, 3.8) is 0 Å². The molecule has 0 spiro atoms. The summed E-state index contributed by atoms with van der Waals surface area (Å²) in [4.78, 5) is 28.3. The van der Waals surface area contributed by atoms with Crippen LogP contribution in [0.2, 0.25) is 5.02 Å². The minimum atomic E-state index is -0.327. The van der Waals surface area contributed by atoms with Crippen molar-refractivity contribution in [1.29, 1.82) is 0 Å². The van der Waals surface area contributed by atoms with Crippen LogP contribution in [0.4, 0.5) is 4.39 Å². The highest BCUT2D eigenvalue weighted by Gasteiger charge is 2.23. The molecule has 3 rings (SSSR count). The molecule has 0 saturated carbocycles. The molecule has 0 aliphatic carbocycles. The summed E-state index contributed by atoms with van der Waals surface area (Å²) < 4.78 is 13.6. The molecule has 0 atom stereocenters. The lowest BCUT2D eigenvalue weighted by atomic mass is 10.2. The molecule has 1 N–H and O–H groups in total. The van der Waals surface area contributed by atoms with Gasteiger partial charge in [-0.25, -0.2) is 4.39 Å². The Labute approximate surface area is 162 Å². The molecule has 5 nitrogen and oxygen atoms in total. The molecule has 2 aromatic rings. The van der Waals surface area contributed by atoms with Gasteiger partial charge in [0.1, 0.15) is 5.82 Å². The van der Waals surface area contributed by atoms with Crippen molar-refractivity contribution in [2.24, 2.45) is 0 Å². The molecule has 1 fully saturated rings. The molecule has 0 unspecified atom stereocenters. The smallest absolute Gasteiger partial charge is 0.253 e. The molecule has 2 aromatic carbocycles. The molecule has 0 aromatic heterocycles. The Kier molecular flexibility index (Phi) is 6.42. The minimum absolute atomic E-state index is 0.0321. The van der Waals surface area contributed by atoms with Crippen molar-refractivity contribution in [2.45, 2.75) is 6.54 Å². The van der Waals surface area contributed by atoms with Crippen molar-refractivity contribution >= 4 is 23.4 Å². The second-order valence-electron chi connectivity index (χ2n) is 6.44. The summed E-state index contributed by atoms with van der Waals surface area (Å²) in [5.41, 5.74) is 1.07. The van der Waals surface area contributed by atoms with E-state index in [0.717, 1.165) is 0 Å². The normalized spacial score (nSPS) is 14.8. The van der Waals surface area contributed by atoms with Gasteiger partial charge in [0.25, 0.3) is 5.91 Å². The maximum atomic E-state index is 13.6. The number of nitrogens with zero attached hydrogens (tertiary/aromatic N) is 2. The minimum Gasteiger partial charge on any atom is -0.351 e. The van der Waals surface area contributed by atoms with Crippen LogP contribution in [0.15, 0.2) is 48.5 Å². The monoisotopic (exact) mass is 389 g/mol. The largest absolute Gasteiger partial charge is 0.351 e. The molecule has 142 valence electrons. The number of piperazine rings is 1. The van der Waals surface area contributed by atoms with E-state index in [4.69, 9.17) is 11.6 Å². The predicted octanol–water partition coefficient (Wildman–Crippen LogP) is 2.55. The number of hydrogen-bond donors (Lipinski definition) is 1. The molecule has 2 amide bonds. The first-order valence-corrected chi connectivity index (χ1v) is 9.18. The van der Waals surface area contributed by atoms with Crippen LogP contribution in [0.5, 0.6) is 0 Å². The third-order valence-electron chi connectivity index (χ3n) is 4.55. The molecule has 7 heteroatoms. The summed E-state index contributed by atoms with van der Waals surface area (Å²) in [6.07, 6.45) is 0. The summed E-state index contributed by atoms with van der Waals surface area (Å²) in [6, 6.07) is 13.2. The van der Waals surface area contributed by atoms with Crippen LogP contribution < -0.4 is 5.32 Å². The van der Waals surface area contributed by atoms with E-state index >= 15 is 0 Å². The van der Waals surface area contributed by atoms with Gasteiger partial charge in [0, 0.05) is 48.9 Å². The third kappa shape index (κ3) is 5.28. The van der Waals surface area contributed by atoms with Crippen LogP contribution in [0.25, 0.3) is 0 Å². The van der Waals surface area contributed by atoms with Gasteiger partial charge >= 0.3 is 0 Å². The number of halogens is 2. The Morgan fingerprint density at radius 1 is 1.00 bits per heavy atom. The average molecular weight is 390 g/mol. The summed E-state index contributed by atoms with van der Waals surface area (Å²) >= 11 is 5.85. The standard InChI is InChI=1S/C20H21ClFN3O2/c21-17-7-5-15(6-8-17)20(27)25-11-9-24(10-12-25)14-19(26)23-13-16-3-1-2-4-18(16)22/h1-8H,9-14H2,(H,23,26). The quantitative estimate of drug-likeness (QED) is 0.855. The van der Waals surface area contributed by atoms with Crippen LogP contribution in [0.1, 0.15) is 15.9 Å². The number of hydrogen-bond acceptors (Lipinski definition) is 3. The van der Waals surface area contributed by atoms with Gasteiger partial charge in [-0.2, -0.15) is 0 Å². The van der Waals surface area contributed by atoms with Gasteiger partial charge in [0.2, 0.25) is 5.91 Å². The molecule has 1 aliphatic rings. The second kappa shape index (κ2) is 8.97. The van der Waals surface area contributed by atoms with Gasteiger partial charge in [0.05, 0.1) is 6.54 Å². The Balaban J connectivity index is 1.43. The van der Waals surface area contributed by atoms with E-state index in [1.807, 2.05) is 4.90 Å². The van der Waals surface area contributed by atoms with Crippen LogP contribution in [-0.4, -0.2) is 54.3 Å². The highest BCUT2D eigenvalue weighted by molar-refractivity contribution is 6.30. The number of amides is 2. The second-order valence-corrected chi connectivity index (χ2v) is 6.88. The topological polar surface area (TPSA) is 52.7 Å². The van der Waals surface area contributed by atoms with Gasteiger partial charge < -0.3 is 10.2 Å². The molecule has 1 aliphatic heterocycles. The summed E-state index contributed by atoms with van der Waals surface area (Å²) in [5, 5.41) is 3.33. The maximum Gasteiger partial charge on any atom is 0.253 e. The fourth-order valence-electron chi connectivity index (χ4n) is 2.98. The van der Waals surface area contributed by atoms with E-state index < -0.39 is 0 Å². The summed E-state index contributed by atoms with van der Waals surface area (Å²) in [6.45, 7) is 2.75. The van der Waals surface area contributed by atoms with Crippen molar-refractivity contribution in [3.05, 3.63) is 70.5 Å². The molecular weight excluding hydrogens is 369 g/mol. The van der Waals surface area contributed by atoms with E-state index in [0.29, 0.717) is 42.3 Å². The number of carbonyl (C=O) groups excluding carboxylic acids is 2. The summed E-state index contributed by atoms with van der Waals surface area (Å²) in [7, 11) is 0. The molecule has 1 saturated heterocycles. The Morgan fingerprint density at radius 2 is 1.67 bits per heavy atom. The van der Waals surface area contributed by atoms with E-state index in [-0.39, 0.29) is 30.7 Å². The molecule has 0 radical (unpaired) electrons. The lowest BCUT2D eigenvalue weighted by Crippen LogP contribution is -2.51. The van der Waals surface area contributed by atoms with Gasteiger partial charge in [-0.3, -0.25) is 14.5 Å². The molecule has 27 heavy (non-hydrogen) atoms. The van der Waals surface area contributed by atoms with Crippen LogP contribution >= 0.6 is 11.6 Å². The van der Waals surface area contributed by atoms with E-state index in [2.05, 4.69) is 5.32 Å². The van der Waals surface area contributed by atoms with Gasteiger partial charge in [-0.05, 0) is 30.3 Å². The predicted molar refractivity (Wildman–Crippen MR) is 102 cm³/mol. The SMILES string of the molecule is O=C(CN1CCN(C(=O)c2ccc(Cl)cc2)CC1)NCc1ccccc1F. The first-order chi connectivity index (χ1) is 13.0. The van der Waals surface area contributed by atoms with Crippen molar-refractivity contribution in [1.82, 2.24) is 15.1 Å².